The van der Waals surface area contributed by atoms with Gasteiger partial charge in [-0.2, -0.15) is 0 Å². The Morgan fingerprint density at radius 1 is 1.19 bits per heavy atom. The highest BCUT2D eigenvalue weighted by molar-refractivity contribution is 7.05. The van der Waals surface area contributed by atoms with E-state index in [1.54, 1.807) is 0 Å². The molecule has 0 spiro atoms. The summed E-state index contributed by atoms with van der Waals surface area (Å²) in [5.41, 5.74) is 7.30. The van der Waals surface area contributed by atoms with Crippen LogP contribution < -0.4 is 5.73 Å². The van der Waals surface area contributed by atoms with E-state index in [9.17, 15) is 0 Å². The molecular formula is C12H23N3S. The third kappa shape index (κ3) is 4.18. The Balaban J connectivity index is 2.39. The molecule has 3 nitrogen and oxygen atoms in total. The van der Waals surface area contributed by atoms with Gasteiger partial charge in [-0.25, -0.2) is 0 Å². The molecule has 1 aromatic heterocycles. The molecule has 1 atom stereocenters. The summed E-state index contributed by atoms with van der Waals surface area (Å²) in [7, 11) is 0. The molecule has 1 aromatic rings. The highest BCUT2D eigenvalue weighted by atomic mass is 32.1. The van der Waals surface area contributed by atoms with Crippen molar-refractivity contribution < 1.29 is 0 Å². The molecule has 0 aromatic carbocycles. The quantitative estimate of drug-likeness (QED) is 0.709. The molecule has 0 aliphatic heterocycles. The molecule has 0 saturated carbocycles. The average molecular weight is 241 g/mol. The minimum atomic E-state index is 0.151. The van der Waals surface area contributed by atoms with Crippen molar-refractivity contribution in [2.45, 2.75) is 64.8 Å². The lowest BCUT2D eigenvalue weighted by molar-refractivity contribution is 0.567. The lowest BCUT2D eigenvalue weighted by atomic mass is 10.0. The van der Waals surface area contributed by atoms with E-state index in [2.05, 4.69) is 23.4 Å². The summed E-state index contributed by atoms with van der Waals surface area (Å²) in [6.07, 6.45) is 8.29. The van der Waals surface area contributed by atoms with Gasteiger partial charge in [0.05, 0.1) is 10.6 Å². The normalized spacial score (nSPS) is 12.9. The zero-order valence-corrected chi connectivity index (χ0v) is 11.2. The number of nitrogens with two attached hydrogens (primary N) is 1. The summed E-state index contributed by atoms with van der Waals surface area (Å²) >= 11 is 1.48. The largest absolute Gasteiger partial charge is 0.323 e. The van der Waals surface area contributed by atoms with Gasteiger partial charge in [0.1, 0.15) is 0 Å². The van der Waals surface area contributed by atoms with Crippen LogP contribution in [0.5, 0.6) is 0 Å². The zero-order valence-electron chi connectivity index (χ0n) is 10.4. The van der Waals surface area contributed by atoms with Crippen molar-refractivity contribution in [2.75, 3.05) is 0 Å². The third-order valence-corrected chi connectivity index (χ3v) is 3.68. The molecule has 0 fully saturated rings. The van der Waals surface area contributed by atoms with Gasteiger partial charge >= 0.3 is 0 Å². The number of hydrogen-bond donors (Lipinski definition) is 1. The maximum Gasteiger partial charge on any atom is 0.0803 e. The van der Waals surface area contributed by atoms with Crippen LogP contribution in [0.4, 0.5) is 0 Å². The third-order valence-electron chi connectivity index (χ3n) is 2.78. The molecule has 0 aliphatic rings. The van der Waals surface area contributed by atoms with Crippen molar-refractivity contribution in [3.05, 3.63) is 10.6 Å². The minimum Gasteiger partial charge on any atom is -0.323 e. The lowest BCUT2D eigenvalue weighted by Gasteiger charge is -2.09. The predicted octanol–water partition coefficient (Wildman–Crippen LogP) is 3.46. The number of nitrogens with zero attached hydrogens (tertiary/aromatic N) is 2. The van der Waals surface area contributed by atoms with Crippen LogP contribution in [-0.4, -0.2) is 9.59 Å². The van der Waals surface area contributed by atoms with Gasteiger partial charge in [-0.15, -0.1) is 5.10 Å². The first-order valence-electron chi connectivity index (χ1n) is 6.36. The van der Waals surface area contributed by atoms with Crippen LogP contribution in [0.15, 0.2) is 0 Å². The standard InChI is InChI=1S/C12H23N3S/c1-3-5-6-7-9-10(13)12-11(8-4-2)14-15-16-12/h10H,3-9,13H2,1-2H3. The Morgan fingerprint density at radius 2 is 2.00 bits per heavy atom. The molecule has 0 saturated heterocycles. The summed E-state index contributed by atoms with van der Waals surface area (Å²) in [5.74, 6) is 0. The Hall–Kier alpha value is -0.480. The van der Waals surface area contributed by atoms with E-state index in [4.69, 9.17) is 5.73 Å². The van der Waals surface area contributed by atoms with Crippen LogP contribution in [0.3, 0.4) is 0 Å². The van der Waals surface area contributed by atoms with Crippen LogP contribution in [0.1, 0.15) is 69.0 Å². The molecule has 0 bridgehead atoms. The number of rotatable bonds is 8. The fourth-order valence-electron chi connectivity index (χ4n) is 1.83. The Kier molecular flexibility index (Phi) is 6.57. The number of hydrogen-bond acceptors (Lipinski definition) is 4. The average Bonchev–Trinajstić information content (AvgIpc) is 2.73. The van der Waals surface area contributed by atoms with Crippen LogP contribution in [-0.2, 0) is 6.42 Å². The van der Waals surface area contributed by atoms with E-state index >= 15 is 0 Å². The van der Waals surface area contributed by atoms with Crippen molar-refractivity contribution >= 4 is 11.5 Å². The SMILES string of the molecule is CCCCCCC(N)c1snnc1CCC. The zero-order chi connectivity index (χ0) is 11.8. The molecule has 16 heavy (non-hydrogen) atoms. The number of unbranched alkanes of at least 4 members (excludes halogenated alkanes) is 3. The number of aromatic nitrogens is 2. The molecule has 0 radical (unpaired) electrons. The van der Waals surface area contributed by atoms with E-state index in [-0.39, 0.29) is 6.04 Å². The van der Waals surface area contributed by atoms with E-state index in [1.165, 1.54) is 42.1 Å². The summed E-state index contributed by atoms with van der Waals surface area (Å²) in [4.78, 5) is 1.21. The smallest absolute Gasteiger partial charge is 0.0803 e. The predicted molar refractivity (Wildman–Crippen MR) is 69.6 cm³/mol. The van der Waals surface area contributed by atoms with Gasteiger partial charge in [0.15, 0.2) is 0 Å². The lowest BCUT2D eigenvalue weighted by Crippen LogP contribution is -2.10. The van der Waals surface area contributed by atoms with Crippen molar-refractivity contribution in [1.29, 1.82) is 0 Å². The van der Waals surface area contributed by atoms with Crippen LogP contribution in [0, 0.1) is 0 Å². The first-order chi connectivity index (χ1) is 7.79. The first-order valence-corrected chi connectivity index (χ1v) is 7.13. The Labute approximate surface area is 103 Å². The van der Waals surface area contributed by atoms with E-state index in [1.807, 2.05) is 0 Å². The van der Waals surface area contributed by atoms with Crippen molar-refractivity contribution in [3.63, 3.8) is 0 Å². The molecule has 1 rings (SSSR count). The fraction of sp³-hybridized carbons (Fsp3) is 0.833. The molecule has 4 heteroatoms. The molecular weight excluding hydrogens is 218 g/mol. The Morgan fingerprint density at radius 3 is 2.69 bits per heavy atom. The van der Waals surface area contributed by atoms with Gasteiger partial charge in [0, 0.05) is 6.04 Å². The van der Waals surface area contributed by atoms with Gasteiger partial charge in [-0.05, 0) is 24.4 Å². The summed E-state index contributed by atoms with van der Waals surface area (Å²) < 4.78 is 4.02. The minimum absolute atomic E-state index is 0.151. The van der Waals surface area contributed by atoms with E-state index in [0.29, 0.717) is 0 Å². The van der Waals surface area contributed by atoms with Gasteiger partial charge in [-0.1, -0.05) is 50.4 Å². The summed E-state index contributed by atoms with van der Waals surface area (Å²) in [6.45, 7) is 4.39. The molecule has 1 unspecified atom stereocenters. The van der Waals surface area contributed by atoms with E-state index < -0.39 is 0 Å². The van der Waals surface area contributed by atoms with Gasteiger partial charge in [0.2, 0.25) is 0 Å². The van der Waals surface area contributed by atoms with Gasteiger partial charge < -0.3 is 5.73 Å². The van der Waals surface area contributed by atoms with Crippen molar-refractivity contribution in [1.82, 2.24) is 9.59 Å². The fourth-order valence-corrected chi connectivity index (χ4v) is 2.56. The van der Waals surface area contributed by atoms with Gasteiger partial charge in [0.25, 0.3) is 0 Å². The maximum atomic E-state index is 6.18. The highest BCUT2D eigenvalue weighted by Gasteiger charge is 2.14. The Bertz CT molecular complexity index is 286. The first kappa shape index (κ1) is 13.6. The van der Waals surface area contributed by atoms with Crippen molar-refractivity contribution in [2.24, 2.45) is 5.73 Å². The summed E-state index contributed by atoms with van der Waals surface area (Å²) in [5, 5.41) is 4.16. The second kappa shape index (κ2) is 7.74. The van der Waals surface area contributed by atoms with Crippen LogP contribution in [0.2, 0.25) is 0 Å². The molecule has 0 aliphatic carbocycles. The maximum absolute atomic E-state index is 6.18. The second-order valence-corrected chi connectivity index (χ2v) is 5.08. The highest BCUT2D eigenvalue weighted by Crippen LogP contribution is 2.24. The van der Waals surface area contributed by atoms with Crippen LogP contribution >= 0.6 is 11.5 Å². The topological polar surface area (TPSA) is 51.8 Å². The van der Waals surface area contributed by atoms with Crippen LogP contribution in [0.25, 0.3) is 0 Å². The molecule has 2 N–H and O–H groups in total. The molecule has 92 valence electrons. The second-order valence-electron chi connectivity index (χ2n) is 4.29. The molecule has 0 amide bonds. The number of aryl methyl sites for hydroxylation is 1. The van der Waals surface area contributed by atoms with Gasteiger partial charge in [-0.3, -0.25) is 0 Å². The summed E-state index contributed by atoms with van der Waals surface area (Å²) in [6, 6.07) is 0.151. The van der Waals surface area contributed by atoms with Crippen molar-refractivity contribution in [3.8, 4) is 0 Å². The molecule has 1 heterocycles. The van der Waals surface area contributed by atoms with E-state index in [0.717, 1.165) is 25.0 Å². The monoisotopic (exact) mass is 241 g/mol.